The average Bonchev–Trinajstić information content (AvgIpc) is 2.47. The fourth-order valence-electron chi connectivity index (χ4n) is 1.48. The molecule has 1 N–H and O–H groups in total. The molecule has 0 aromatic heterocycles. The standard InChI is InChI=1S/C17H16O3/c1-3-14(10-8-7-9-13(2)17(19)20)16(18)15-11-5-4-6-12-15/h1,4-8,10-13H,9H2,2H3,(H,19,20)/b8-7-,14-10+. The molecule has 1 aromatic carbocycles. The zero-order valence-corrected chi connectivity index (χ0v) is 11.2. The Morgan fingerprint density at radius 1 is 1.35 bits per heavy atom. The summed E-state index contributed by atoms with van der Waals surface area (Å²) < 4.78 is 0. The summed E-state index contributed by atoms with van der Waals surface area (Å²) in [5.41, 5.74) is 0.777. The van der Waals surface area contributed by atoms with Gasteiger partial charge in [-0.1, -0.05) is 55.3 Å². The number of Topliss-reactive ketones (excluding diaryl/α,β-unsaturated/α-hetero) is 1. The van der Waals surface area contributed by atoms with Gasteiger partial charge in [-0.15, -0.1) is 6.42 Å². The predicted octanol–water partition coefficient (Wildman–Crippen LogP) is 3.10. The van der Waals surface area contributed by atoms with E-state index in [1.807, 2.05) is 6.07 Å². The zero-order chi connectivity index (χ0) is 15.0. The van der Waals surface area contributed by atoms with Crippen LogP contribution in [0.3, 0.4) is 0 Å². The number of ketones is 1. The number of terminal acetylenes is 1. The van der Waals surface area contributed by atoms with Crippen molar-refractivity contribution in [2.75, 3.05) is 0 Å². The molecule has 0 aliphatic carbocycles. The maximum Gasteiger partial charge on any atom is 0.306 e. The summed E-state index contributed by atoms with van der Waals surface area (Å²) in [6, 6.07) is 8.76. The summed E-state index contributed by atoms with van der Waals surface area (Å²) in [5, 5.41) is 8.74. The van der Waals surface area contributed by atoms with Crippen LogP contribution >= 0.6 is 0 Å². The van der Waals surface area contributed by atoms with Crippen molar-refractivity contribution in [3.63, 3.8) is 0 Å². The lowest BCUT2D eigenvalue weighted by Gasteiger charge is -2.00. The highest BCUT2D eigenvalue weighted by molar-refractivity contribution is 6.11. The van der Waals surface area contributed by atoms with E-state index in [2.05, 4.69) is 5.92 Å². The van der Waals surface area contributed by atoms with Gasteiger partial charge in [0.05, 0.1) is 11.5 Å². The Morgan fingerprint density at radius 2 is 2.00 bits per heavy atom. The quantitative estimate of drug-likeness (QED) is 0.373. The molecule has 0 amide bonds. The van der Waals surface area contributed by atoms with Gasteiger partial charge in [-0.25, -0.2) is 0 Å². The highest BCUT2D eigenvalue weighted by Gasteiger charge is 2.09. The Bertz CT molecular complexity index is 574. The van der Waals surface area contributed by atoms with E-state index in [0.717, 1.165) is 0 Å². The molecule has 0 heterocycles. The minimum atomic E-state index is -0.851. The van der Waals surface area contributed by atoms with Crippen molar-refractivity contribution < 1.29 is 14.7 Å². The molecule has 0 aliphatic rings. The molecule has 0 aliphatic heterocycles. The van der Waals surface area contributed by atoms with Crippen molar-refractivity contribution >= 4 is 11.8 Å². The Hall–Kier alpha value is -2.60. The maximum absolute atomic E-state index is 12.1. The van der Waals surface area contributed by atoms with E-state index < -0.39 is 11.9 Å². The summed E-state index contributed by atoms with van der Waals surface area (Å²) in [7, 11) is 0. The van der Waals surface area contributed by atoms with Gasteiger partial charge in [0, 0.05) is 5.56 Å². The van der Waals surface area contributed by atoms with Gasteiger partial charge in [0.2, 0.25) is 5.78 Å². The monoisotopic (exact) mass is 268 g/mol. The van der Waals surface area contributed by atoms with Crippen LogP contribution in [0.25, 0.3) is 0 Å². The zero-order valence-electron chi connectivity index (χ0n) is 11.2. The van der Waals surface area contributed by atoms with Gasteiger partial charge in [-0.2, -0.15) is 0 Å². The molecule has 3 nitrogen and oxygen atoms in total. The fourth-order valence-corrected chi connectivity index (χ4v) is 1.48. The van der Waals surface area contributed by atoms with Crippen LogP contribution in [0.4, 0.5) is 0 Å². The largest absolute Gasteiger partial charge is 0.481 e. The number of allylic oxidation sites excluding steroid dienone is 4. The third-order valence-corrected chi connectivity index (χ3v) is 2.75. The molecule has 0 spiro atoms. The van der Waals surface area contributed by atoms with Crippen molar-refractivity contribution in [2.45, 2.75) is 13.3 Å². The molecule has 20 heavy (non-hydrogen) atoms. The first-order chi connectivity index (χ1) is 9.56. The number of rotatable bonds is 6. The molecule has 0 fully saturated rings. The van der Waals surface area contributed by atoms with Crippen molar-refractivity contribution in [1.29, 1.82) is 0 Å². The predicted molar refractivity (Wildman–Crippen MR) is 78.2 cm³/mol. The van der Waals surface area contributed by atoms with E-state index in [4.69, 9.17) is 11.5 Å². The van der Waals surface area contributed by atoms with Crippen LogP contribution in [0.5, 0.6) is 0 Å². The highest BCUT2D eigenvalue weighted by Crippen LogP contribution is 2.08. The number of benzene rings is 1. The van der Waals surface area contributed by atoms with E-state index in [9.17, 15) is 9.59 Å². The van der Waals surface area contributed by atoms with Crippen LogP contribution in [0.2, 0.25) is 0 Å². The smallest absolute Gasteiger partial charge is 0.306 e. The molecule has 3 heteroatoms. The number of hydrogen-bond donors (Lipinski definition) is 1. The number of carboxylic acids is 1. The minimum absolute atomic E-state index is 0.218. The van der Waals surface area contributed by atoms with Gasteiger partial charge in [-0.05, 0) is 12.5 Å². The van der Waals surface area contributed by atoms with Gasteiger partial charge in [0.25, 0.3) is 0 Å². The number of carbonyl (C=O) groups excluding carboxylic acids is 1. The molecule has 1 atom stereocenters. The summed E-state index contributed by atoms with van der Waals surface area (Å²) in [4.78, 5) is 22.7. The van der Waals surface area contributed by atoms with Crippen LogP contribution in [-0.4, -0.2) is 16.9 Å². The molecule has 0 radical (unpaired) electrons. The summed E-state index contributed by atoms with van der Waals surface area (Å²) >= 11 is 0. The summed E-state index contributed by atoms with van der Waals surface area (Å²) in [6.45, 7) is 1.62. The van der Waals surface area contributed by atoms with E-state index >= 15 is 0 Å². The van der Waals surface area contributed by atoms with Crippen LogP contribution in [0.15, 0.2) is 54.1 Å². The number of hydrogen-bond acceptors (Lipinski definition) is 2. The van der Waals surface area contributed by atoms with E-state index in [1.54, 1.807) is 43.3 Å². The second kappa shape index (κ2) is 7.75. The average molecular weight is 268 g/mol. The molecule has 0 bridgehead atoms. The third-order valence-electron chi connectivity index (χ3n) is 2.75. The maximum atomic E-state index is 12.1. The van der Waals surface area contributed by atoms with Crippen LogP contribution < -0.4 is 0 Å². The topological polar surface area (TPSA) is 54.4 Å². The summed E-state index contributed by atoms with van der Waals surface area (Å²) in [6.07, 6.45) is 10.6. The molecule has 1 unspecified atom stereocenters. The first-order valence-corrected chi connectivity index (χ1v) is 6.22. The SMILES string of the molecule is C#C/C(=C\C=C/CC(C)C(=O)O)C(=O)c1ccccc1. The molecule has 102 valence electrons. The van der Waals surface area contributed by atoms with Gasteiger partial charge in [0.1, 0.15) is 0 Å². The van der Waals surface area contributed by atoms with Crippen LogP contribution in [0, 0.1) is 18.3 Å². The van der Waals surface area contributed by atoms with Gasteiger partial charge < -0.3 is 5.11 Å². The van der Waals surface area contributed by atoms with E-state index in [-0.39, 0.29) is 11.4 Å². The number of carboxylic acid groups (broad SMARTS) is 1. The first kappa shape index (κ1) is 15.5. The van der Waals surface area contributed by atoms with E-state index in [1.165, 1.54) is 6.08 Å². The Balaban J connectivity index is 2.74. The van der Waals surface area contributed by atoms with Crippen molar-refractivity contribution in [1.82, 2.24) is 0 Å². The van der Waals surface area contributed by atoms with Gasteiger partial charge >= 0.3 is 5.97 Å². The second-order valence-corrected chi connectivity index (χ2v) is 4.32. The molecule has 0 saturated carbocycles. The molecular weight excluding hydrogens is 252 g/mol. The highest BCUT2D eigenvalue weighted by atomic mass is 16.4. The van der Waals surface area contributed by atoms with E-state index in [0.29, 0.717) is 12.0 Å². The Labute approximate surface area is 118 Å². The first-order valence-electron chi connectivity index (χ1n) is 6.22. The Kier molecular flexibility index (Phi) is 5.99. The molecule has 1 rings (SSSR count). The minimum Gasteiger partial charge on any atom is -0.481 e. The van der Waals surface area contributed by atoms with Crippen LogP contribution in [-0.2, 0) is 4.79 Å². The third kappa shape index (κ3) is 4.58. The van der Waals surface area contributed by atoms with Gasteiger partial charge in [-0.3, -0.25) is 9.59 Å². The van der Waals surface area contributed by atoms with Crippen LogP contribution in [0.1, 0.15) is 23.7 Å². The van der Waals surface area contributed by atoms with Crippen molar-refractivity contribution in [3.05, 3.63) is 59.7 Å². The Morgan fingerprint density at radius 3 is 2.55 bits per heavy atom. The molecule has 0 saturated heterocycles. The lowest BCUT2D eigenvalue weighted by molar-refractivity contribution is -0.140. The molecule has 1 aromatic rings. The van der Waals surface area contributed by atoms with Crippen molar-refractivity contribution in [3.8, 4) is 12.3 Å². The summed E-state index contributed by atoms with van der Waals surface area (Å²) in [5.74, 6) is 0.826. The van der Waals surface area contributed by atoms with Crippen molar-refractivity contribution in [2.24, 2.45) is 5.92 Å². The van der Waals surface area contributed by atoms with Gasteiger partial charge in [0.15, 0.2) is 0 Å². The molecular formula is C17H16O3. The number of aliphatic carboxylic acids is 1. The lowest BCUT2D eigenvalue weighted by atomic mass is 10.0. The second-order valence-electron chi connectivity index (χ2n) is 4.32. The fraction of sp³-hybridized carbons (Fsp3) is 0.176. The normalized spacial score (nSPS) is 12.9. The lowest BCUT2D eigenvalue weighted by Crippen LogP contribution is -2.07. The number of carbonyl (C=O) groups is 2.